The Morgan fingerprint density at radius 3 is 1.52 bits per heavy atom. The molecule has 0 fully saturated rings. The number of nitrogens with zero attached hydrogens (tertiary/aromatic N) is 3. The largest absolute Gasteiger partial charge is 0.480 e. The summed E-state index contributed by atoms with van der Waals surface area (Å²) in [4.78, 5) is 149. The van der Waals surface area contributed by atoms with Crippen molar-refractivity contribution >= 4 is 99.7 Å². The lowest BCUT2D eigenvalue weighted by molar-refractivity contribution is -0.142. The maximum atomic E-state index is 14.6. The summed E-state index contributed by atoms with van der Waals surface area (Å²) in [7, 11) is 0. The maximum Gasteiger partial charge on any atom is 0.326 e. The molecule has 0 unspecified atom stereocenters. The summed E-state index contributed by atoms with van der Waals surface area (Å²) >= 11 is 1.37. The smallest absolute Gasteiger partial charge is 0.326 e. The summed E-state index contributed by atoms with van der Waals surface area (Å²) in [6, 6.07) is -2.67. The van der Waals surface area contributed by atoms with Crippen LogP contribution in [-0.2, 0) is 54.4 Å². The number of rotatable bonds is 38. The highest BCUT2D eigenvalue weighted by Gasteiger charge is 2.35. The van der Waals surface area contributed by atoms with E-state index in [0.29, 0.717) is 22.2 Å². The predicted octanol–water partition coefficient (Wildman–Crippen LogP) is -5.90. The van der Waals surface area contributed by atoms with Crippen molar-refractivity contribution in [3.63, 3.8) is 0 Å². The van der Waals surface area contributed by atoms with Crippen molar-refractivity contribution in [2.24, 2.45) is 66.8 Å². The number of thioether (sulfide) groups is 1. The Balaban J connectivity index is 2.50. The number of fused-ring (bicyclic) bond motifs is 1. The topological polar surface area (TPSA) is 548 Å². The molecular weight excluding hydrogens is 1060 g/mol. The van der Waals surface area contributed by atoms with E-state index in [9.17, 15) is 53.1 Å². The van der Waals surface area contributed by atoms with Gasteiger partial charge in [-0.25, -0.2) is 4.79 Å². The molecule has 31 nitrogen and oxygen atoms in total. The first kappa shape index (κ1) is 67.7. The van der Waals surface area contributed by atoms with Gasteiger partial charge in [-0.3, -0.25) is 58.1 Å². The summed E-state index contributed by atoms with van der Waals surface area (Å²) in [6.45, 7) is 2.58. The third-order valence-electron chi connectivity index (χ3n) is 11.7. The van der Waals surface area contributed by atoms with Gasteiger partial charge in [-0.1, -0.05) is 32.0 Å². The number of carbonyl (C=O) groups is 10. The van der Waals surface area contributed by atoms with Gasteiger partial charge < -0.3 is 98.5 Å². The first-order valence-electron chi connectivity index (χ1n) is 25.6. The van der Waals surface area contributed by atoms with Crippen molar-refractivity contribution in [3.05, 3.63) is 36.0 Å². The van der Waals surface area contributed by atoms with Gasteiger partial charge in [-0.2, -0.15) is 11.8 Å². The number of primary amides is 1. The highest BCUT2D eigenvalue weighted by Crippen LogP contribution is 2.20. The van der Waals surface area contributed by atoms with E-state index in [1.54, 1.807) is 50.6 Å². The minimum atomic E-state index is -1.71. The number of aliphatic imine (C=N–C) groups is 3. The Morgan fingerprint density at radius 1 is 0.575 bits per heavy atom. The Morgan fingerprint density at radius 2 is 1.02 bits per heavy atom. The molecule has 1 heterocycles. The normalized spacial score (nSPS) is 13.5. The van der Waals surface area contributed by atoms with Crippen LogP contribution in [0.15, 0.2) is 45.4 Å². The minimum absolute atomic E-state index is 0.00701. The maximum absolute atomic E-state index is 14.6. The van der Waals surface area contributed by atoms with E-state index in [1.165, 1.54) is 11.8 Å². The van der Waals surface area contributed by atoms with Gasteiger partial charge in [-0.15, -0.1) is 0 Å². The molecule has 444 valence electrons. The van der Waals surface area contributed by atoms with Crippen LogP contribution in [-0.4, -0.2) is 174 Å². The lowest BCUT2D eigenvalue weighted by atomic mass is 9.99. The first-order chi connectivity index (χ1) is 37.8. The van der Waals surface area contributed by atoms with Crippen molar-refractivity contribution in [2.75, 3.05) is 44.7 Å². The molecule has 0 bridgehead atoms. The number of carboxylic acid groups (broad SMARTS) is 1. The molecule has 9 amide bonds. The Kier molecular flexibility index (Phi) is 30.4. The zero-order chi connectivity index (χ0) is 59.9. The number of benzene rings is 1. The summed E-state index contributed by atoms with van der Waals surface area (Å²) in [5.41, 5.74) is 44.7. The summed E-state index contributed by atoms with van der Waals surface area (Å²) < 4.78 is 0. The molecule has 1 aromatic heterocycles. The molecule has 80 heavy (non-hydrogen) atoms. The molecule has 0 aliphatic carbocycles. The van der Waals surface area contributed by atoms with Gasteiger partial charge in [0.15, 0.2) is 17.9 Å². The average Bonchev–Trinajstić information content (AvgIpc) is 3.80. The highest BCUT2D eigenvalue weighted by atomic mass is 32.2. The lowest BCUT2D eigenvalue weighted by Crippen LogP contribution is -2.60. The van der Waals surface area contributed by atoms with E-state index < -0.39 is 121 Å². The number of hydrogen-bond acceptors (Lipinski definition) is 15. The number of aromatic amines is 1. The molecule has 1 aromatic carbocycles. The van der Waals surface area contributed by atoms with E-state index in [4.69, 9.17) is 45.9 Å². The fourth-order valence-corrected chi connectivity index (χ4v) is 8.28. The minimum Gasteiger partial charge on any atom is -0.480 e. The van der Waals surface area contributed by atoms with Crippen LogP contribution in [0, 0.1) is 5.92 Å². The van der Waals surface area contributed by atoms with E-state index in [-0.39, 0.29) is 101 Å². The molecule has 0 aliphatic heterocycles. The molecule has 32 heteroatoms. The molecule has 0 saturated heterocycles. The number of carboxylic acids is 1. The molecule has 0 spiro atoms. The number of nitrogens with two attached hydrogens (primary N) is 8. The summed E-state index contributed by atoms with van der Waals surface area (Å²) in [5, 5.41) is 30.6. The molecule has 0 saturated carbocycles. The zero-order valence-electron chi connectivity index (χ0n) is 45.2. The number of carbonyl (C=O) groups excluding carboxylic acids is 9. The Hall–Kier alpha value is -8.42. The van der Waals surface area contributed by atoms with Gasteiger partial charge in [-0.05, 0) is 80.9 Å². The van der Waals surface area contributed by atoms with Gasteiger partial charge in [0.2, 0.25) is 53.2 Å². The van der Waals surface area contributed by atoms with Crippen LogP contribution in [0.2, 0.25) is 0 Å². The van der Waals surface area contributed by atoms with Crippen LogP contribution in [0.25, 0.3) is 10.9 Å². The summed E-state index contributed by atoms with van der Waals surface area (Å²) in [6.07, 6.45) is 2.99. The van der Waals surface area contributed by atoms with Gasteiger partial charge in [0.25, 0.3) is 0 Å². The average molecular weight is 1150 g/mol. The third kappa shape index (κ3) is 26.3. The molecule has 2 rings (SSSR count). The quantitative estimate of drug-likeness (QED) is 0.0169. The van der Waals surface area contributed by atoms with E-state index in [2.05, 4.69) is 62.5 Å². The number of aromatic nitrogens is 1. The summed E-state index contributed by atoms with van der Waals surface area (Å²) in [5.74, 6) is -9.74. The van der Waals surface area contributed by atoms with E-state index in [1.807, 2.05) is 0 Å². The van der Waals surface area contributed by atoms with E-state index in [0.717, 1.165) is 0 Å². The first-order valence-corrected chi connectivity index (χ1v) is 27.0. The van der Waals surface area contributed by atoms with Crippen molar-refractivity contribution in [3.8, 4) is 0 Å². The molecular formula is C48H80N20O11S. The monoisotopic (exact) mass is 1140 g/mol. The van der Waals surface area contributed by atoms with Crippen LogP contribution < -0.4 is 88.4 Å². The molecule has 7 atom stereocenters. The molecule has 0 radical (unpaired) electrons. The second-order valence-electron chi connectivity index (χ2n) is 18.8. The van der Waals surface area contributed by atoms with Crippen molar-refractivity contribution in [1.29, 1.82) is 0 Å². The third-order valence-corrected chi connectivity index (χ3v) is 12.4. The molecule has 26 N–H and O–H groups in total. The standard InChI is InChI=1S/C48H80N20O11S/c1-25(2)19-33(66-41(74)30(12-7-16-58-47(53)54)64-42(75)31(14-18-80-3)65-40(73)29(62-37(70)22-49)11-6-15-57-46(51)52)43(76)67-34(20-26-23-60-28-10-5-4-9-27(26)28)44(77)68-35(21-36(50)69)39(72)61-24-38(71)63-32(45(78)79)13-8-17-59-48(55)56/h4-5,9-10,23,25,29-35,60H,6-8,11-22,24,49H2,1-3H3,(H2,50,69)(H,61,72)(H,62,70)(H,63,71)(H,64,75)(H,65,73)(H,66,74)(H,67,76)(H,68,77)(H,78,79)(H4,51,52,57)(H4,53,54,58)(H4,55,56,59)/t29-,30-,31-,32-,33-,34-,35-/m0/s1. The molecule has 2 aromatic rings. The number of guanidine groups is 3. The number of H-pyrrole nitrogens is 1. The highest BCUT2D eigenvalue weighted by molar-refractivity contribution is 7.98. The zero-order valence-corrected chi connectivity index (χ0v) is 46.0. The van der Waals surface area contributed by atoms with Gasteiger partial charge >= 0.3 is 5.97 Å². The number of nitrogens with one attached hydrogen (secondary N) is 9. The van der Waals surface area contributed by atoms with Crippen LogP contribution in [0.1, 0.15) is 77.2 Å². The predicted molar refractivity (Wildman–Crippen MR) is 301 cm³/mol. The second-order valence-corrected chi connectivity index (χ2v) is 19.8. The van der Waals surface area contributed by atoms with Crippen LogP contribution in [0.5, 0.6) is 0 Å². The Bertz CT molecular complexity index is 2510. The van der Waals surface area contributed by atoms with Crippen LogP contribution in [0.4, 0.5) is 0 Å². The van der Waals surface area contributed by atoms with Crippen LogP contribution >= 0.6 is 11.8 Å². The van der Waals surface area contributed by atoms with Crippen molar-refractivity contribution in [2.45, 2.75) is 120 Å². The second kappa shape index (κ2) is 35.9. The Labute approximate surface area is 466 Å². The van der Waals surface area contributed by atoms with Gasteiger partial charge in [0.05, 0.1) is 19.5 Å². The van der Waals surface area contributed by atoms with Crippen LogP contribution in [0.3, 0.4) is 0 Å². The van der Waals surface area contributed by atoms with Gasteiger partial charge in [0.1, 0.15) is 42.3 Å². The number of amides is 9. The lowest BCUT2D eigenvalue weighted by Gasteiger charge is -2.28. The van der Waals surface area contributed by atoms with Crippen molar-refractivity contribution in [1.82, 2.24) is 47.5 Å². The van der Waals surface area contributed by atoms with Crippen molar-refractivity contribution < 1.29 is 53.1 Å². The number of para-hydroxylation sites is 1. The fourth-order valence-electron chi connectivity index (χ4n) is 7.80. The molecule has 0 aliphatic rings. The number of aliphatic carboxylic acids is 1. The van der Waals surface area contributed by atoms with Gasteiger partial charge in [0, 0.05) is 43.2 Å². The SMILES string of the molecule is CSCC[C@H](NC(=O)[C@H](CCCN=C(N)N)NC(=O)CN)C(=O)N[C@@H](CCCN=C(N)N)C(=O)N[C@@H](CC(C)C)C(=O)N[C@@H](Cc1c[nH]c2ccccc12)C(=O)N[C@@H](CC(N)=O)C(=O)NCC(=O)N[C@@H](CCCN=C(N)N)C(=O)O. The fraction of sp³-hybridized carbons (Fsp3) is 0.562. The van der Waals surface area contributed by atoms with E-state index >= 15 is 0 Å². The number of hydrogen-bond donors (Lipinski definition) is 18.